The maximum Gasteiger partial charge on any atom is 0.253 e. The van der Waals surface area contributed by atoms with Gasteiger partial charge in [0.25, 0.3) is 5.91 Å². The molecule has 2 aliphatic rings. The van der Waals surface area contributed by atoms with Gasteiger partial charge in [-0.25, -0.2) is 0 Å². The topological polar surface area (TPSA) is 32.3 Å². The third-order valence-electron chi connectivity index (χ3n) is 4.50. The summed E-state index contributed by atoms with van der Waals surface area (Å²) >= 11 is 0. The fraction of sp³-hybridized carbons (Fsp3) is 0.562. The van der Waals surface area contributed by atoms with Crippen molar-refractivity contribution in [1.29, 1.82) is 0 Å². The molecule has 0 aliphatic carbocycles. The minimum atomic E-state index is 0.193. The number of nitrogens with zero attached hydrogens (tertiary/aromatic N) is 1. The van der Waals surface area contributed by atoms with Crippen molar-refractivity contribution in [3.8, 4) is 0 Å². The van der Waals surface area contributed by atoms with Crippen molar-refractivity contribution in [1.82, 2.24) is 10.2 Å². The number of hydrogen-bond acceptors (Lipinski definition) is 2. The maximum absolute atomic E-state index is 12.5. The van der Waals surface area contributed by atoms with Crippen LogP contribution in [0, 0.1) is 5.92 Å². The summed E-state index contributed by atoms with van der Waals surface area (Å²) in [4.78, 5) is 14.5. The van der Waals surface area contributed by atoms with Crippen molar-refractivity contribution in [2.75, 3.05) is 19.6 Å². The molecule has 19 heavy (non-hydrogen) atoms. The van der Waals surface area contributed by atoms with E-state index in [2.05, 4.69) is 24.4 Å². The molecule has 1 aromatic rings. The Morgan fingerprint density at radius 2 is 2.11 bits per heavy atom. The van der Waals surface area contributed by atoms with Gasteiger partial charge in [0.05, 0.1) is 0 Å². The minimum absolute atomic E-state index is 0.193. The van der Waals surface area contributed by atoms with E-state index in [4.69, 9.17) is 0 Å². The molecule has 2 fully saturated rings. The lowest BCUT2D eigenvalue weighted by molar-refractivity contribution is 0.0785. The molecule has 2 aliphatic heterocycles. The number of rotatable bonds is 2. The average Bonchev–Trinajstić information content (AvgIpc) is 2.90. The number of piperidine rings is 1. The molecule has 2 heterocycles. The van der Waals surface area contributed by atoms with Gasteiger partial charge in [-0.3, -0.25) is 4.79 Å². The zero-order valence-corrected chi connectivity index (χ0v) is 11.6. The fourth-order valence-electron chi connectivity index (χ4n) is 3.28. The van der Waals surface area contributed by atoms with Crippen LogP contribution in [-0.2, 0) is 6.42 Å². The lowest BCUT2D eigenvalue weighted by Crippen LogP contribution is -2.41. The second-order valence-electron chi connectivity index (χ2n) is 5.72. The molecule has 0 saturated carbocycles. The van der Waals surface area contributed by atoms with Crippen LogP contribution in [0.1, 0.15) is 35.7 Å². The summed E-state index contributed by atoms with van der Waals surface area (Å²) in [5.74, 6) is 0.853. The van der Waals surface area contributed by atoms with E-state index in [1.54, 1.807) is 0 Å². The number of aryl methyl sites for hydroxylation is 1. The Kier molecular flexibility index (Phi) is 3.56. The van der Waals surface area contributed by atoms with Crippen molar-refractivity contribution in [2.45, 2.75) is 32.2 Å². The number of fused-ring (bicyclic) bond motifs is 1. The van der Waals surface area contributed by atoms with Crippen molar-refractivity contribution in [3.05, 3.63) is 35.4 Å². The van der Waals surface area contributed by atoms with E-state index in [0.29, 0.717) is 12.0 Å². The van der Waals surface area contributed by atoms with Crippen LogP contribution in [0.3, 0.4) is 0 Å². The van der Waals surface area contributed by atoms with Crippen LogP contribution in [0.25, 0.3) is 0 Å². The van der Waals surface area contributed by atoms with Crippen LogP contribution in [0.2, 0.25) is 0 Å². The van der Waals surface area contributed by atoms with Crippen LogP contribution < -0.4 is 5.32 Å². The molecule has 0 bridgehead atoms. The molecule has 2 saturated heterocycles. The predicted octanol–water partition coefficient (Wildman–Crippen LogP) is 2.07. The van der Waals surface area contributed by atoms with Gasteiger partial charge in [0.1, 0.15) is 0 Å². The largest absolute Gasteiger partial charge is 0.337 e. The first-order chi connectivity index (χ1) is 9.28. The Bertz CT molecular complexity index is 440. The van der Waals surface area contributed by atoms with E-state index >= 15 is 0 Å². The van der Waals surface area contributed by atoms with Crippen LogP contribution in [-0.4, -0.2) is 36.5 Å². The number of nitrogens with one attached hydrogen (secondary N) is 1. The zero-order valence-electron chi connectivity index (χ0n) is 11.6. The molecule has 1 N–H and O–H groups in total. The van der Waals surface area contributed by atoms with Crippen molar-refractivity contribution in [3.63, 3.8) is 0 Å². The Hall–Kier alpha value is -1.35. The lowest BCUT2D eigenvalue weighted by atomic mass is 9.94. The third-order valence-corrected chi connectivity index (χ3v) is 4.50. The van der Waals surface area contributed by atoms with Crippen LogP contribution in [0.5, 0.6) is 0 Å². The molecule has 1 aromatic carbocycles. The van der Waals surface area contributed by atoms with Gasteiger partial charge < -0.3 is 10.2 Å². The normalized spacial score (nSPS) is 26.3. The SMILES string of the molecule is CCc1ccc(C(=O)N2C[C@@H]3CCCN[C@@H]3C2)cc1. The molecule has 0 unspecified atom stereocenters. The Balaban J connectivity index is 1.70. The van der Waals surface area contributed by atoms with E-state index in [1.165, 1.54) is 18.4 Å². The van der Waals surface area contributed by atoms with E-state index in [0.717, 1.165) is 31.6 Å². The monoisotopic (exact) mass is 258 g/mol. The predicted molar refractivity (Wildman–Crippen MR) is 76.2 cm³/mol. The van der Waals surface area contributed by atoms with Gasteiger partial charge in [-0.15, -0.1) is 0 Å². The van der Waals surface area contributed by atoms with E-state index < -0.39 is 0 Å². The van der Waals surface area contributed by atoms with E-state index in [9.17, 15) is 4.79 Å². The van der Waals surface area contributed by atoms with E-state index in [-0.39, 0.29) is 5.91 Å². The molecule has 102 valence electrons. The molecule has 3 rings (SSSR count). The summed E-state index contributed by atoms with van der Waals surface area (Å²) in [5.41, 5.74) is 2.11. The summed E-state index contributed by atoms with van der Waals surface area (Å²) in [6.07, 6.45) is 3.52. The van der Waals surface area contributed by atoms with Gasteiger partial charge in [-0.1, -0.05) is 19.1 Å². The maximum atomic E-state index is 12.5. The van der Waals surface area contributed by atoms with E-state index in [1.807, 2.05) is 17.0 Å². The van der Waals surface area contributed by atoms with Crippen molar-refractivity contribution in [2.24, 2.45) is 5.92 Å². The van der Waals surface area contributed by atoms with Crippen LogP contribution in [0.15, 0.2) is 24.3 Å². The number of carbonyl (C=O) groups is 1. The number of benzene rings is 1. The molecule has 0 radical (unpaired) electrons. The number of hydrogen-bond donors (Lipinski definition) is 1. The highest BCUT2D eigenvalue weighted by molar-refractivity contribution is 5.94. The first-order valence-corrected chi connectivity index (χ1v) is 7.39. The van der Waals surface area contributed by atoms with Crippen molar-refractivity contribution < 1.29 is 4.79 Å². The molecule has 2 atom stereocenters. The Labute approximate surface area is 115 Å². The van der Waals surface area contributed by atoms with Crippen LogP contribution >= 0.6 is 0 Å². The number of amides is 1. The summed E-state index contributed by atoms with van der Waals surface area (Å²) in [7, 11) is 0. The molecular formula is C16H22N2O. The molecule has 1 amide bonds. The molecule has 3 heteroatoms. The second-order valence-corrected chi connectivity index (χ2v) is 5.72. The highest BCUT2D eigenvalue weighted by Crippen LogP contribution is 2.26. The fourth-order valence-corrected chi connectivity index (χ4v) is 3.28. The second kappa shape index (κ2) is 5.33. The molecule has 3 nitrogen and oxygen atoms in total. The summed E-state index contributed by atoms with van der Waals surface area (Å²) in [5, 5.41) is 3.54. The van der Waals surface area contributed by atoms with Gasteiger partial charge in [0.2, 0.25) is 0 Å². The van der Waals surface area contributed by atoms with Crippen LogP contribution in [0.4, 0.5) is 0 Å². The highest BCUT2D eigenvalue weighted by Gasteiger charge is 2.36. The van der Waals surface area contributed by atoms with Gasteiger partial charge in [-0.05, 0) is 49.4 Å². The number of likely N-dealkylation sites (tertiary alicyclic amines) is 1. The number of carbonyl (C=O) groups excluding carboxylic acids is 1. The van der Waals surface area contributed by atoms with Gasteiger partial charge in [0.15, 0.2) is 0 Å². The molecular weight excluding hydrogens is 236 g/mol. The van der Waals surface area contributed by atoms with Gasteiger partial charge in [-0.2, -0.15) is 0 Å². The summed E-state index contributed by atoms with van der Waals surface area (Å²) < 4.78 is 0. The average molecular weight is 258 g/mol. The van der Waals surface area contributed by atoms with Crippen molar-refractivity contribution >= 4 is 5.91 Å². The molecule has 0 aromatic heterocycles. The molecule has 0 spiro atoms. The highest BCUT2D eigenvalue weighted by atomic mass is 16.2. The first-order valence-electron chi connectivity index (χ1n) is 7.39. The standard InChI is InChI=1S/C16H22N2O/c1-2-12-5-7-13(8-6-12)16(19)18-10-14-4-3-9-17-15(14)11-18/h5-8,14-15,17H,2-4,9-11H2,1H3/t14-,15+/m0/s1. The third kappa shape index (κ3) is 2.52. The zero-order chi connectivity index (χ0) is 13.2. The lowest BCUT2D eigenvalue weighted by Gasteiger charge is -2.24. The minimum Gasteiger partial charge on any atom is -0.337 e. The summed E-state index contributed by atoms with van der Waals surface area (Å²) in [6, 6.07) is 8.59. The van der Waals surface area contributed by atoms with Gasteiger partial charge >= 0.3 is 0 Å². The Morgan fingerprint density at radius 1 is 1.32 bits per heavy atom. The smallest absolute Gasteiger partial charge is 0.253 e. The van der Waals surface area contributed by atoms with Gasteiger partial charge in [0, 0.05) is 24.7 Å². The Morgan fingerprint density at radius 3 is 2.79 bits per heavy atom. The first kappa shape index (κ1) is 12.7. The quantitative estimate of drug-likeness (QED) is 0.881. The summed E-state index contributed by atoms with van der Waals surface area (Å²) in [6.45, 7) is 5.03.